The topological polar surface area (TPSA) is 98.8 Å². The molecule has 0 bridgehead atoms. The molecule has 9 nitrogen and oxygen atoms in total. The summed E-state index contributed by atoms with van der Waals surface area (Å²) in [4.78, 5) is 23.0. The van der Waals surface area contributed by atoms with Crippen LogP contribution in [0.1, 0.15) is 26.7 Å². The van der Waals surface area contributed by atoms with Gasteiger partial charge in [0.1, 0.15) is 0 Å². The molecule has 0 aliphatic rings. The van der Waals surface area contributed by atoms with Gasteiger partial charge in [0.25, 0.3) is 0 Å². The molecule has 29 heavy (non-hydrogen) atoms. The fraction of sp³-hybridized carbons (Fsp3) is 0.667. The molecule has 0 unspecified atom stereocenters. The van der Waals surface area contributed by atoms with Crippen LogP contribution in [0.15, 0.2) is 24.3 Å². The first-order valence-electron chi connectivity index (χ1n) is 9.17. The maximum Gasteiger partial charge on any atom is 0.493 e. The summed E-state index contributed by atoms with van der Waals surface area (Å²) >= 11 is 0. The molecular weight excluding hydrogens is 416 g/mol. The van der Waals surface area contributed by atoms with Crippen LogP contribution < -0.4 is 0 Å². The van der Waals surface area contributed by atoms with Crippen LogP contribution in [-0.4, -0.2) is 71.2 Å². The molecule has 0 atom stereocenters. The van der Waals surface area contributed by atoms with Crippen LogP contribution in [0.2, 0.25) is 12.1 Å². The van der Waals surface area contributed by atoms with Crippen LogP contribution >= 0.6 is 0 Å². The fourth-order valence-corrected chi connectivity index (χ4v) is 8.58. The van der Waals surface area contributed by atoms with Crippen molar-refractivity contribution in [3.8, 4) is 0 Å². The number of esters is 2. The van der Waals surface area contributed by atoms with Gasteiger partial charge in [-0.25, -0.2) is 9.59 Å². The summed E-state index contributed by atoms with van der Waals surface area (Å²) in [6.07, 6.45) is 0.947. The van der Waals surface area contributed by atoms with Gasteiger partial charge in [0.15, 0.2) is 0 Å². The van der Waals surface area contributed by atoms with Crippen molar-refractivity contribution in [2.75, 3.05) is 41.7 Å². The zero-order valence-corrected chi connectivity index (χ0v) is 20.3. The molecule has 11 heteroatoms. The standard InChI is InChI=1S/C18H34O9Si2/c1-15(2)17(19)25-11-9-13-28(21-5,22-6)27-29(23-7,24-8)14-10-12-26-18(20)16(3)4/h1,3,9-14H2,2,4-8H3. The minimum Gasteiger partial charge on any atom is -0.462 e. The van der Waals surface area contributed by atoms with E-state index in [1.54, 1.807) is 13.8 Å². The number of hydrogen-bond donors (Lipinski definition) is 0. The largest absolute Gasteiger partial charge is 0.493 e. The Morgan fingerprint density at radius 2 is 1.00 bits per heavy atom. The second-order valence-corrected chi connectivity index (χ2v) is 12.5. The zero-order chi connectivity index (χ0) is 22.5. The van der Waals surface area contributed by atoms with E-state index < -0.39 is 29.5 Å². The van der Waals surface area contributed by atoms with Crippen molar-refractivity contribution in [1.82, 2.24) is 0 Å². The molecule has 0 aromatic carbocycles. The SMILES string of the molecule is C=C(C)C(=O)OCCC[Si](OC)(OC)O[Si](CCCOC(=O)C(=C)C)(OC)OC. The first kappa shape index (κ1) is 27.7. The van der Waals surface area contributed by atoms with Gasteiger partial charge in [-0.2, -0.15) is 0 Å². The Balaban J connectivity index is 4.90. The van der Waals surface area contributed by atoms with Crippen LogP contribution in [0.25, 0.3) is 0 Å². The first-order chi connectivity index (χ1) is 13.6. The molecule has 0 heterocycles. The van der Waals surface area contributed by atoms with Crippen molar-refractivity contribution < 1.29 is 40.9 Å². The van der Waals surface area contributed by atoms with Gasteiger partial charge in [-0.3, -0.25) is 0 Å². The molecule has 0 spiro atoms. The lowest BCUT2D eigenvalue weighted by Crippen LogP contribution is -2.57. The number of hydrogen-bond acceptors (Lipinski definition) is 9. The Morgan fingerprint density at radius 1 is 0.690 bits per heavy atom. The van der Waals surface area contributed by atoms with E-state index in [1.165, 1.54) is 28.4 Å². The Hall–Kier alpha value is -1.35. The van der Waals surface area contributed by atoms with Gasteiger partial charge >= 0.3 is 29.5 Å². The van der Waals surface area contributed by atoms with E-state index in [9.17, 15) is 9.59 Å². The monoisotopic (exact) mass is 450 g/mol. The molecule has 168 valence electrons. The molecule has 0 aliphatic carbocycles. The predicted octanol–water partition coefficient (Wildman–Crippen LogP) is 2.49. The van der Waals surface area contributed by atoms with Gasteiger partial charge in [-0.15, -0.1) is 0 Å². The van der Waals surface area contributed by atoms with Gasteiger partial charge in [-0.05, 0) is 26.7 Å². The highest BCUT2D eigenvalue weighted by molar-refractivity contribution is 6.74. The van der Waals surface area contributed by atoms with E-state index in [0.29, 0.717) is 36.1 Å². The highest BCUT2D eigenvalue weighted by Crippen LogP contribution is 2.26. The molecule has 0 fully saturated rings. The third-order valence-electron chi connectivity index (χ3n) is 3.97. The second-order valence-electron chi connectivity index (χ2n) is 6.32. The third-order valence-corrected chi connectivity index (χ3v) is 10.9. The maximum atomic E-state index is 11.5. The van der Waals surface area contributed by atoms with Crippen molar-refractivity contribution in [1.29, 1.82) is 0 Å². The zero-order valence-electron chi connectivity index (χ0n) is 18.3. The number of rotatable bonds is 16. The Morgan fingerprint density at radius 3 is 1.24 bits per heavy atom. The highest BCUT2D eigenvalue weighted by atomic mass is 28.5. The predicted molar refractivity (Wildman–Crippen MR) is 111 cm³/mol. The van der Waals surface area contributed by atoms with Crippen LogP contribution in [0.5, 0.6) is 0 Å². The molecule has 0 radical (unpaired) electrons. The normalized spacial score (nSPS) is 11.8. The van der Waals surface area contributed by atoms with E-state index >= 15 is 0 Å². The molecule has 0 N–H and O–H groups in total. The van der Waals surface area contributed by atoms with Crippen LogP contribution in [0.4, 0.5) is 0 Å². The van der Waals surface area contributed by atoms with Gasteiger partial charge in [0.05, 0.1) is 13.2 Å². The molecule has 0 saturated carbocycles. The van der Waals surface area contributed by atoms with E-state index in [2.05, 4.69) is 13.2 Å². The van der Waals surface area contributed by atoms with Gasteiger partial charge < -0.3 is 31.3 Å². The molecule has 0 saturated heterocycles. The van der Waals surface area contributed by atoms with E-state index in [1.807, 2.05) is 0 Å². The second kappa shape index (κ2) is 13.8. The third kappa shape index (κ3) is 9.80. The molecular formula is C18H34O9Si2. The quantitative estimate of drug-likeness (QED) is 0.152. The van der Waals surface area contributed by atoms with Gasteiger partial charge in [0.2, 0.25) is 0 Å². The minimum absolute atomic E-state index is 0.182. The van der Waals surface area contributed by atoms with Gasteiger partial charge in [0, 0.05) is 51.7 Å². The summed E-state index contributed by atoms with van der Waals surface area (Å²) in [6, 6.07) is 0.797. The summed E-state index contributed by atoms with van der Waals surface area (Å²) in [6.45, 7) is 10.6. The van der Waals surface area contributed by atoms with Crippen LogP contribution in [0.3, 0.4) is 0 Å². The highest BCUT2D eigenvalue weighted by Gasteiger charge is 2.51. The van der Waals surface area contributed by atoms with E-state index in [0.717, 1.165) is 0 Å². The lowest BCUT2D eigenvalue weighted by atomic mass is 10.4. The minimum atomic E-state index is -3.14. The summed E-state index contributed by atoms with van der Waals surface area (Å²) in [5.41, 5.74) is 0.668. The summed E-state index contributed by atoms with van der Waals surface area (Å²) in [5, 5.41) is 0. The Bertz CT molecular complexity index is 510. The van der Waals surface area contributed by atoms with Gasteiger partial charge in [-0.1, -0.05) is 13.2 Å². The van der Waals surface area contributed by atoms with E-state index in [-0.39, 0.29) is 13.2 Å². The maximum absolute atomic E-state index is 11.5. The van der Waals surface area contributed by atoms with Crippen molar-refractivity contribution in [2.45, 2.75) is 38.8 Å². The lowest BCUT2D eigenvalue weighted by Gasteiger charge is -2.35. The number of ether oxygens (including phenoxy) is 2. The molecule has 0 aromatic rings. The van der Waals surface area contributed by atoms with Crippen molar-refractivity contribution in [2.24, 2.45) is 0 Å². The van der Waals surface area contributed by atoms with E-state index in [4.69, 9.17) is 31.3 Å². The first-order valence-corrected chi connectivity index (χ1v) is 13.0. The Labute approximate surface area is 175 Å². The van der Waals surface area contributed by atoms with Crippen LogP contribution in [0, 0.1) is 0 Å². The molecule has 0 amide bonds. The molecule has 0 aliphatic heterocycles. The number of carbonyl (C=O) groups is 2. The Kier molecular flexibility index (Phi) is 13.2. The number of carbonyl (C=O) groups excluding carboxylic acids is 2. The molecule has 0 rings (SSSR count). The fourth-order valence-electron chi connectivity index (χ4n) is 2.23. The van der Waals surface area contributed by atoms with Crippen molar-refractivity contribution >= 4 is 29.5 Å². The van der Waals surface area contributed by atoms with Crippen molar-refractivity contribution in [3.05, 3.63) is 24.3 Å². The smallest absolute Gasteiger partial charge is 0.462 e. The van der Waals surface area contributed by atoms with Crippen LogP contribution in [-0.2, 0) is 40.9 Å². The average molecular weight is 451 g/mol. The van der Waals surface area contributed by atoms with Crippen molar-refractivity contribution in [3.63, 3.8) is 0 Å². The average Bonchev–Trinajstić information content (AvgIpc) is 2.71. The summed E-state index contributed by atoms with van der Waals surface area (Å²) < 4.78 is 38.8. The summed E-state index contributed by atoms with van der Waals surface area (Å²) in [7, 11) is -0.308. The lowest BCUT2D eigenvalue weighted by molar-refractivity contribution is -0.139. The summed E-state index contributed by atoms with van der Waals surface area (Å²) in [5.74, 6) is -0.898. The molecule has 0 aromatic heterocycles.